The van der Waals surface area contributed by atoms with E-state index in [-0.39, 0.29) is 66.4 Å². The Morgan fingerprint density at radius 2 is 0.911 bits per heavy atom. The van der Waals surface area contributed by atoms with Gasteiger partial charge in [0.25, 0.3) is 11.2 Å². The molecule has 0 spiro atoms. The van der Waals surface area contributed by atoms with Crippen molar-refractivity contribution in [2.24, 2.45) is 47.3 Å². The van der Waals surface area contributed by atoms with E-state index in [0.717, 1.165) is 37.5 Å². The highest BCUT2D eigenvalue weighted by Crippen LogP contribution is 2.58. The van der Waals surface area contributed by atoms with E-state index in [1.807, 2.05) is 0 Å². The molecule has 5 fully saturated rings. The highest BCUT2D eigenvalue weighted by atomic mass is 128. The summed E-state index contributed by atoms with van der Waals surface area (Å²) in [5.41, 5.74) is -8.69. The van der Waals surface area contributed by atoms with Crippen LogP contribution in [0.1, 0.15) is 155 Å². The van der Waals surface area contributed by atoms with Crippen LogP contribution in [0.4, 0.5) is 52.7 Å². The molecule has 1 saturated heterocycles. The third-order valence-corrected chi connectivity index (χ3v) is 10.2. The van der Waals surface area contributed by atoms with Crippen molar-refractivity contribution in [2.75, 3.05) is 6.61 Å². The van der Waals surface area contributed by atoms with Crippen LogP contribution in [0.2, 0.25) is 0 Å². The van der Waals surface area contributed by atoms with Crippen LogP contribution in [0.5, 0.6) is 0 Å². The van der Waals surface area contributed by atoms with E-state index in [1.54, 1.807) is 0 Å². The highest BCUT2D eigenvalue weighted by Gasteiger charge is 2.74. The molecular weight excluding hydrogens is 998 g/mol. The number of hydrogen-bond acceptors (Lipinski definition) is 3. The molecule has 5 rings (SSSR count). The number of halogens is 14. The Balaban J connectivity index is -0.000000376. The Labute approximate surface area is 353 Å². The predicted octanol–water partition coefficient (Wildman–Crippen LogP) is 16.5. The first-order valence-corrected chi connectivity index (χ1v) is 24.3. The molecule has 3 nitrogen and oxygen atoms in total. The van der Waals surface area contributed by atoms with Gasteiger partial charge in [-0.3, -0.25) is 0 Å². The van der Waals surface area contributed by atoms with Gasteiger partial charge in [0.2, 0.25) is 0 Å². The number of rotatable bonds is 6. The summed E-state index contributed by atoms with van der Waals surface area (Å²) in [4.78, 5) is 0. The van der Waals surface area contributed by atoms with Gasteiger partial charge in [0.15, 0.2) is 6.29 Å². The van der Waals surface area contributed by atoms with Crippen LogP contribution in [0.25, 0.3) is 0 Å². The predicted molar refractivity (Wildman–Crippen MR) is 220 cm³/mol. The van der Waals surface area contributed by atoms with Crippen LogP contribution in [0, 0.1) is 47.3 Å². The first-order valence-electron chi connectivity index (χ1n) is 18.1. The van der Waals surface area contributed by atoms with E-state index in [4.69, 9.17) is 14.6 Å². The standard InChI is InChI=1S/C16H22F6O2.C11H14F6O.2C4H10.4CH4.I2/c17-15(18,19)14(16(20,21)22,24-13-3-1-2-6-23-13)9-12-8-10-4-5-11(12)7-10;12-10(13,14)9(18,11(15,16)17)5-8-4-6-1-2-7(8)3-6;2*1-4(2)3;;;;;1-2/h10-13H,1-9H2;6-8,18H,1-5H2;2*4H,1-3H3;4*1H4;. The van der Waals surface area contributed by atoms with Crippen molar-refractivity contribution in [1.29, 1.82) is 0 Å². The van der Waals surface area contributed by atoms with Gasteiger partial charge in [0.1, 0.15) is 0 Å². The first kappa shape index (κ1) is 63.1. The first-order chi connectivity index (χ1) is 23.6. The van der Waals surface area contributed by atoms with Crippen molar-refractivity contribution in [3.63, 3.8) is 0 Å². The molecule has 5 aliphatic rings. The monoisotopic (exact) mass is 1070 g/mol. The fourth-order valence-corrected chi connectivity index (χ4v) is 8.00. The summed E-state index contributed by atoms with van der Waals surface area (Å²) in [6.45, 7) is 13.1. The van der Waals surface area contributed by atoms with Gasteiger partial charge in [-0.1, -0.05) is 84.1 Å². The SMILES string of the molecule is C.C.C.C.CC(C)C.CC(C)C.FC(F)(F)C(CC1CC2CCC1C2)(OC1CCCCO1)C(F)(F)F.II.OC(CC1CC2CCC1C2)(C(F)(F)F)C(F)(F)F. The molecule has 0 radical (unpaired) electrons. The zero-order chi connectivity index (χ0) is 40.5. The van der Waals surface area contributed by atoms with E-state index in [2.05, 4.69) is 78.8 Å². The number of fused-ring (bicyclic) bond motifs is 4. The van der Waals surface area contributed by atoms with Crippen molar-refractivity contribution < 1.29 is 67.3 Å². The second-order valence-corrected chi connectivity index (χ2v) is 16.3. The number of aliphatic hydroxyl groups is 1. The Kier molecular flexibility index (Phi) is 29.4. The van der Waals surface area contributed by atoms with E-state index >= 15 is 0 Å². The molecule has 0 aromatic carbocycles. The molecule has 7 atom stereocenters. The van der Waals surface area contributed by atoms with Crippen molar-refractivity contribution in [2.45, 2.75) is 197 Å². The summed E-state index contributed by atoms with van der Waals surface area (Å²) in [5, 5.41) is 9.12. The lowest BCUT2D eigenvalue weighted by atomic mass is 9.79. The lowest BCUT2D eigenvalue weighted by Gasteiger charge is -2.42. The Morgan fingerprint density at radius 1 is 0.554 bits per heavy atom. The second-order valence-electron chi connectivity index (χ2n) is 16.3. The van der Waals surface area contributed by atoms with Gasteiger partial charge in [0.05, 0.1) is 0 Å². The van der Waals surface area contributed by atoms with E-state index < -0.39 is 66.9 Å². The van der Waals surface area contributed by atoms with Crippen LogP contribution < -0.4 is 0 Å². The van der Waals surface area contributed by atoms with E-state index in [1.165, 1.54) is 0 Å². The quantitative estimate of drug-likeness (QED) is 0.213. The molecule has 4 bridgehead atoms. The summed E-state index contributed by atoms with van der Waals surface area (Å²) >= 11 is 4.24. The molecule has 17 heteroatoms. The molecule has 56 heavy (non-hydrogen) atoms. The minimum atomic E-state index is -5.67. The van der Waals surface area contributed by atoms with Gasteiger partial charge < -0.3 is 14.6 Å². The lowest BCUT2D eigenvalue weighted by Crippen LogP contribution is -2.61. The summed E-state index contributed by atoms with van der Waals surface area (Å²) in [7, 11) is 0. The Hall–Kier alpha value is 0.500. The largest absolute Gasteiger partial charge is 0.426 e. The molecule has 4 aliphatic carbocycles. The molecule has 1 N–H and O–H groups in total. The van der Waals surface area contributed by atoms with Crippen molar-refractivity contribution >= 4 is 37.2 Å². The summed E-state index contributed by atoms with van der Waals surface area (Å²) in [6.07, 6.45) is -19.5. The third-order valence-electron chi connectivity index (χ3n) is 10.2. The summed E-state index contributed by atoms with van der Waals surface area (Å²) in [5.74, 6) is 0.782. The number of hydrogen-bond donors (Lipinski definition) is 1. The van der Waals surface area contributed by atoms with Gasteiger partial charge >= 0.3 is 24.7 Å². The Bertz CT molecular complexity index is 974. The molecule has 7 unspecified atom stereocenters. The topological polar surface area (TPSA) is 38.7 Å². The fourth-order valence-electron chi connectivity index (χ4n) is 8.00. The van der Waals surface area contributed by atoms with Crippen LogP contribution in [-0.2, 0) is 9.47 Å². The van der Waals surface area contributed by atoms with Gasteiger partial charge in [-0.15, -0.1) is 0 Å². The maximum atomic E-state index is 13.6. The summed E-state index contributed by atoms with van der Waals surface area (Å²) in [6, 6.07) is 0. The van der Waals surface area contributed by atoms with Crippen molar-refractivity contribution in [3.05, 3.63) is 0 Å². The summed E-state index contributed by atoms with van der Waals surface area (Å²) < 4.78 is 167. The zero-order valence-electron chi connectivity index (χ0n) is 30.7. The minimum Gasteiger partial charge on any atom is -0.374 e. The van der Waals surface area contributed by atoms with Crippen molar-refractivity contribution in [3.8, 4) is 0 Å². The minimum absolute atomic E-state index is 0. The van der Waals surface area contributed by atoms with Crippen LogP contribution in [0.3, 0.4) is 0 Å². The molecular formula is C39H72F12I2O3. The molecule has 0 amide bonds. The van der Waals surface area contributed by atoms with E-state index in [0.29, 0.717) is 38.5 Å². The highest BCUT2D eigenvalue weighted by molar-refractivity contribution is 15.0. The maximum absolute atomic E-state index is 13.6. The second kappa shape index (κ2) is 26.1. The van der Waals surface area contributed by atoms with Gasteiger partial charge in [0, 0.05) is 43.8 Å². The van der Waals surface area contributed by atoms with Crippen LogP contribution >= 0.6 is 37.2 Å². The number of ether oxygens (including phenoxy) is 2. The van der Waals surface area contributed by atoms with Crippen LogP contribution in [0.15, 0.2) is 0 Å². The van der Waals surface area contributed by atoms with Gasteiger partial charge in [-0.2, -0.15) is 52.7 Å². The maximum Gasteiger partial charge on any atom is 0.426 e. The molecule has 4 saturated carbocycles. The van der Waals surface area contributed by atoms with E-state index in [9.17, 15) is 52.7 Å². The molecule has 0 aromatic rings. The molecule has 1 aliphatic heterocycles. The molecule has 0 aromatic heterocycles. The smallest absolute Gasteiger partial charge is 0.374 e. The fraction of sp³-hybridized carbons (Fsp3) is 1.00. The van der Waals surface area contributed by atoms with Crippen LogP contribution in [-0.4, -0.2) is 53.9 Å². The number of alkyl halides is 12. The van der Waals surface area contributed by atoms with Crippen molar-refractivity contribution in [1.82, 2.24) is 0 Å². The normalized spacial score (nSPS) is 26.9. The zero-order valence-corrected chi connectivity index (χ0v) is 35.0. The molecule has 1 heterocycles. The molecule has 344 valence electrons. The third kappa shape index (κ3) is 17.8. The lowest BCUT2D eigenvalue weighted by molar-refractivity contribution is -0.416. The average Bonchev–Trinajstić information content (AvgIpc) is 3.79. The van der Waals surface area contributed by atoms with Gasteiger partial charge in [-0.25, -0.2) is 0 Å². The Morgan fingerprint density at radius 3 is 1.16 bits per heavy atom. The average molecular weight is 1070 g/mol. The van der Waals surface area contributed by atoms with Gasteiger partial charge in [-0.05, 0) is 118 Å².